The van der Waals surface area contributed by atoms with E-state index in [1.807, 2.05) is 12.1 Å². The van der Waals surface area contributed by atoms with Crippen LogP contribution in [0.4, 0.5) is 0 Å². The molecule has 2 aromatic rings. The minimum absolute atomic E-state index is 0.249. The van der Waals surface area contributed by atoms with Gasteiger partial charge in [0.05, 0.1) is 0 Å². The van der Waals surface area contributed by atoms with Crippen molar-refractivity contribution < 1.29 is 9.22 Å². The molecule has 0 atom stereocenters. The van der Waals surface area contributed by atoms with Crippen LogP contribution >= 0.6 is 11.6 Å². The molecule has 158 valence electrons. The highest BCUT2D eigenvalue weighted by atomic mass is 35.5. The maximum Gasteiger partial charge on any atom is 0.191 e. The normalized spacial score (nSPS) is 14.4. The molecule has 3 rings (SSSR count). The van der Waals surface area contributed by atoms with E-state index in [9.17, 15) is 4.79 Å². The first-order valence-electron chi connectivity index (χ1n) is 11.0. The van der Waals surface area contributed by atoms with Crippen molar-refractivity contribution >= 4 is 36.5 Å². The summed E-state index contributed by atoms with van der Waals surface area (Å²) in [6, 6.07) is 8.14. The standard InChI is InChI=1S/C25H35ClO2Si/c1-25(2,3)29(4,5)28-16-8-6-7-15-23(27)24-19-12-9-11-18(19)17-21-20(24)13-10-14-22(21)26/h10,13-14,17H,6-9,11-12,15-16H2,1-5H3. The fraction of sp³-hybridized carbons (Fsp3) is 0.560. The van der Waals surface area contributed by atoms with Gasteiger partial charge in [0.25, 0.3) is 0 Å². The Morgan fingerprint density at radius 2 is 1.86 bits per heavy atom. The van der Waals surface area contributed by atoms with Gasteiger partial charge in [0.15, 0.2) is 14.1 Å². The van der Waals surface area contributed by atoms with Gasteiger partial charge in [-0.25, -0.2) is 0 Å². The van der Waals surface area contributed by atoms with Gasteiger partial charge in [-0.15, -0.1) is 0 Å². The largest absolute Gasteiger partial charge is 0.417 e. The average Bonchev–Trinajstić information content (AvgIpc) is 3.10. The second-order valence-corrected chi connectivity index (χ2v) is 15.1. The van der Waals surface area contributed by atoms with Crippen molar-refractivity contribution in [3.05, 3.63) is 46.0 Å². The molecule has 0 saturated carbocycles. The maximum absolute atomic E-state index is 13.2. The van der Waals surface area contributed by atoms with E-state index in [1.165, 1.54) is 11.1 Å². The van der Waals surface area contributed by atoms with Crippen LogP contribution in [0.25, 0.3) is 10.8 Å². The summed E-state index contributed by atoms with van der Waals surface area (Å²) >= 11 is 6.44. The Balaban J connectivity index is 1.61. The molecule has 0 amide bonds. The SMILES string of the molecule is CC(C)(C)[Si](C)(C)OCCCCCC(=O)c1c2c(cc3c(Cl)cccc13)CCC2. The van der Waals surface area contributed by atoms with Crippen molar-refractivity contribution in [3.63, 3.8) is 0 Å². The highest BCUT2D eigenvalue weighted by molar-refractivity contribution is 6.74. The Labute approximate surface area is 182 Å². The number of fused-ring (bicyclic) bond motifs is 2. The highest BCUT2D eigenvalue weighted by Crippen LogP contribution is 2.37. The lowest BCUT2D eigenvalue weighted by Crippen LogP contribution is -2.40. The molecular weight excluding hydrogens is 396 g/mol. The van der Waals surface area contributed by atoms with E-state index >= 15 is 0 Å². The van der Waals surface area contributed by atoms with Crippen molar-refractivity contribution in [2.75, 3.05) is 6.61 Å². The molecule has 1 aliphatic carbocycles. The third kappa shape index (κ3) is 4.95. The van der Waals surface area contributed by atoms with E-state index in [0.29, 0.717) is 6.42 Å². The molecule has 29 heavy (non-hydrogen) atoms. The van der Waals surface area contributed by atoms with Crippen LogP contribution in [0.5, 0.6) is 0 Å². The molecule has 1 aliphatic rings. The van der Waals surface area contributed by atoms with Gasteiger partial charge in [-0.05, 0) is 78.9 Å². The molecule has 0 spiro atoms. The van der Waals surface area contributed by atoms with E-state index in [2.05, 4.69) is 46.0 Å². The molecule has 0 saturated heterocycles. The molecule has 0 bridgehead atoms. The fourth-order valence-electron chi connectivity index (χ4n) is 4.00. The zero-order chi connectivity index (χ0) is 21.2. The van der Waals surface area contributed by atoms with Crippen LogP contribution < -0.4 is 0 Å². The van der Waals surface area contributed by atoms with Gasteiger partial charge in [-0.3, -0.25) is 4.79 Å². The predicted molar refractivity (Wildman–Crippen MR) is 127 cm³/mol. The monoisotopic (exact) mass is 430 g/mol. The summed E-state index contributed by atoms with van der Waals surface area (Å²) in [4.78, 5) is 13.2. The second kappa shape index (κ2) is 8.91. The molecule has 4 heteroatoms. The van der Waals surface area contributed by atoms with E-state index in [1.54, 1.807) is 0 Å². The van der Waals surface area contributed by atoms with E-state index in [-0.39, 0.29) is 10.8 Å². The summed E-state index contributed by atoms with van der Waals surface area (Å²) in [7, 11) is -1.67. The highest BCUT2D eigenvalue weighted by Gasteiger charge is 2.36. The Kier molecular flexibility index (Phi) is 6.92. The summed E-state index contributed by atoms with van der Waals surface area (Å²) in [5.41, 5.74) is 3.53. The number of benzene rings is 2. The number of halogens is 1. The summed E-state index contributed by atoms with van der Waals surface area (Å²) < 4.78 is 6.26. The third-order valence-corrected chi connectivity index (χ3v) is 11.7. The third-order valence-electron chi connectivity index (χ3n) is 6.80. The van der Waals surface area contributed by atoms with Crippen molar-refractivity contribution in [2.45, 2.75) is 83.8 Å². The van der Waals surface area contributed by atoms with Crippen molar-refractivity contribution in [3.8, 4) is 0 Å². The number of carbonyl (C=O) groups is 1. The number of Topliss-reactive ketones (excluding diaryl/α,β-unsaturated/α-hetero) is 1. The zero-order valence-electron chi connectivity index (χ0n) is 18.7. The summed E-state index contributed by atoms with van der Waals surface area (Å²) in [6.45, 7) is 12.2. The molecule has 0 aromatic heterocycles. The lowest BCUT2D eigenvalue weighted by atomic mass is 9.91. The summed E-state index contributed by atoms with van der Waals surface area (Å²) in [5.74, 6) is 0.279. The Hall–Kier alpha value is -1.16. The lowest BCUT2D eigenvalue weighted by molar-refractivity contribution is 0.0979. The maximum atomic E-state index is 13.2. The van der Waals surface area contributed by atoms with Crippen molar-refractivity contribution in [2.24, 2.45) is 0 Å². The molecule has 0 heterocycles. The van der Waals surface area contributed by atoms with Gasteiger partial charge in [0.2, 0.25) is 0 Å². The number of hydrogen-bond donors (Lipinski definition) is 0. The first-order chi connectivity index (χ1) is 13.6. The Bertz CT molecular complexity index is 896. The average molecular weight is 431 g/mol. The van der Waals surface area contributed by atoms with Gasteiger partial charge in [-0.2, -0.15) is 0 Å². The van der Waals surface area contributed by atoms with Crippen LogP contribution in [0.15, 0.2) is 24.3 Å². The first kappa shape index (κ1) is 22.5. The van der Waals surface area contributed by atoms with E-state index in [4.69, 9.17) is 16.0 Å². The molecule has 0 fully saturated rings. The van der Waals surface area contributed by atoms with E-state index in [0.717, 1.165) is 66.5 Å². The lowest BCUT2D eigenvalue weighted by Gasteiger charge is -2.36. The van der Waals surface area contributed by atoms with Crippen LogP contribution in [-0.2, 0) is 17.3 Å². The van der Waals surface area contributed by atoms with Gasteiger partial charge < -0.3 is 4.43 Å². The van der Waals surface area contributed by atoms with Gasteiger partial charge in [0.1, 0.15) is 0 Å². The quantitative estimate of drug-likeness (QED) is 0.243. The zero-order valence-corrected chi connectivity index (χ0v) is 20.4. The smallest absolute Gasteiger partial charge is 0.191 e. The molecular formula is C25H35ClO2Si. The van der Waals surface area contributed by atoms with Crippen molar-refractivity contribution in [1.82, 2.24) is 0 Å². The minimum Gasteiger partial charge on any atom is -0.417 e. The first-order valence-corrected chi connectivity index (χ1v) is 14.3. The number of aryl methyl sites for hydroxylation is 1. The molecule has 2 nitrogen and oxygen atoms in total. The fourth-order valence-corrected chi connectivity index (χ4v) is 5.32. The van der Waals surface area contributed by atoms with E-state index < -0.39 is 8.32 Å². The van der Waals surface area contributed by atoms with Crippen LogP contribution in [-0.4, -0.2) is 20.7 Å². The number of unbranched alkanes of at least 4 members (excludes halogenated alkanes) is 2. The van der Waals surface area contributed by atoms with Crippen LogP contribution in [0.1, 0.15) is 74.4 Å². The van der Waals surface area contributed by atoms with Crippen molar-refractivity contribution in [1.29, 1.82) is 0 Å². The van der Waals surface area contributed by atoms with Crippen LogP contribution in [0, 0.1) is 0 Å². The van der Waals surface area contributed by atoms with Gasteiger partial charge in [0, 0.05) is 29.0 Å². The van der Waals surface area contributed by atoms with Gasteiger partial charge >= 0.3 is 0 Å². The summed E-state index contributed by atoms with van der Waals surface area (Å²) in [5, 5.41) is 3.05. The number of rotatable bonds is 8. The van der Waals surface area contributed by atoms with Crippen LogP contribution in [0.2, 0.25) is 23.2 Å². The van der Waals surface area contributed by atoms with Crippen LogP contribution in [0.3, 0.4) is 0 Å². The number of hydrogen-bond acceptors (Lipinski definition) is 2. The molecule has 2 aromatic carbocycles. The summed E-state index contributed by atoms with van der Waals surface area (Å²) in [6.07, 6.45) is 6.80. The van der Waals surface area contributed by atoms with Gasteiger partial charge in [-0.1, -0.05) is 50.9 Å². The molecule has 0 radical (unpaired) electrons. The predicted octanol–water partition coefficient (Wildman–Crippen LogP) is 7.75. The Morgan fingerprint density at radius 3 is 2.59 bits per heavy atom. The molecule has 0 aliphatic heterocycles. The molecule has 0 N–H and O–H groups in total. The minimum atomic E-state index is -1.67. The Morgan fingerprint density at radius 1 is 1.10 bits per heavy atom. The second-order valence-electron chi connectivity index (χ2n) is 9.92. The molecule has 0 unspecified atom stereocenters. The number of carbonyl (C=O) groups excluding carboxylic acids is 1. The topological polar surface area (TPSA) is 26.3 Å². The number of ketones is 1.